The summed E-state index contributed by atoms with van der Waals surface area (Å²) in [7, 11) is 0. The second-order valence-electron chi connectivity index (χ2n) is 1.79. The molecule has 0 atom stereocenters. The van der Waals surface area contributed by atoms with Crippen LogP contribution in [0, 0.1) is 0 Å². The molecule has 0 spiro atoms. The Hall–Kier alpha value is 0.810. The van der Waals surface area contributed by atoms with E-state index in [1.807, 2.05) is 6.07 Å². The maximum atomic E-state index is 11.1. The molecular weight excluding hydrogens is 360 g/mol. The predicted molar refractivity (Wildman–Crippen MR) is 57.8 cm³/mol. The van der Waals surface area contributed by atoms with E-state index >= 15 is 0 Å². The first kappa shape index (κ1) is 9.89. The number of thiophene rings is 1. The largest absolute Gasteiger partial charge is 0.292 e. The van der Waals surface area contributed by atoms with E-state index in [1.54, 1.807) is 0 Å². The van der Waals surface area contributed by atoms with Crippen LogP contribution >= 0.6 is 59.1 Å². The van der Waals surface area contributed by atoms with Gasteiger partial charge in [0.1, 0.15) is 0 Å². The molecule has 0 N–H and O–H groups in total. The molecule has 0 fully saturated rings. The van der Waals surface area contributed by atoms with Gasteiger partial charge in [0.05, 0.1) is 14.0 Å². The van der Waals surface area contributed by atoms with Gasteiger partial charge in [-0.25, -0.2) is 0 Å². The van der Waals surface area contributed by atoms with Gasteiger partial charge in [0.15, 0.2) is 5.78 Å². The van der Waals surface area contributed by atoms with Crippen LogP contribution in [0.25, 0.3) is 0 Å². The summed E-state index contributed by atoms with van der Waals surface area (Å²) in [5, 5.41) is 0.381. The van der Waals surface area contributed by atoms with Crippen molar-refractivity contribution in [2.45, 2.75) is 0 Å². The van der Waals surface area contributed by atoms with Crippen molar-refractivity contribution >= 4 is 64.9 Å². The van der Waals surface area contributed by atoms with E-state index in [-0.39, 0.29) is 5.78 Å². The zero-order valence-electron chi connectivity index (χ0n) is 5.23. The number of carbonyl (C=O) groups is 1. The zero-order chi connectivity index (χ0) is 8.43. The lowest BCUT2D eigenvalue weighted by Crippen LogP contribution is -1.94. The van der Waals surface area contributed by atoms with Crippen molar-refractivity contribution in [2.24, 2.45) is 0 Å². The SMILES string of the molecule is O=C(CBr)c1cc(Br)c(Br)s1. The van der Waals surface area contributed by atoms with Crippen molar-refractivity contribution < 1.29 is 4.79 Å². The fraction of sp³-hybridized carbons (Fsp3) is 0.167. The minimum atomic E-state index is 0.112. The predicted octanol–water partition coefficient (Wildman–Crippen LogP) is 3.85. The van der Waals surface area contributed by atoms with Crippen molar-refractivity contribution in [3.8, 4) is 0 Å². The summed E-state index contributed by atoms with van der Waals surface area (Å²) in [5.74, 6) is 0.112. The first-order chi connectivity index (χ1) is 5.15. The lowest BCUT2D eigenvalue weighted by Gasteiger charge is -1.85. The second kappa shape index (κ2) is 4.16. The van der Waals surface area contributed by atoms with E-state index in [9.17, 15) is 4.79 Å². The van der Waals surface area contributed by atoms with E-state index < -0.39 is 0 Å². The number of Topliss-reactive ketones (excluding diaryl/α,β-unsaturated/α-hetero) is 1. The molecule has 0 saturated carbocycles. The molecule has 0 aliphatic rings. The smallest absolute Gasteiger partial charge is 0.183 e. The molecule has 1 heterocycles. The molecule has 0 aliphatic heterocycles. The molecule has 0 aromatic carbocycles. The number of ketones is 1. The van der Waals surface area contributed by atoms with Crippen LogP contribution in [-0.4, -0.2) is 11.1 Å². The van der Waals surface area contributed by atoms with Gasteiger partial charge in [-0.2, -0.15) is 0 Å². The highest BCUT2D eigenvalue weighted by molar-refractivity contribution is 9.13. The summed E-state index contributed by atoms with van der Waals surface area (Å²) >= 11 is 11.2. The Morgan fingerprint density at radius 2 is 2.18 bits per heavy atom. The third-order valence-corrected chi connectivity index (χ3v) is 4.85. The molecule has 1 nitrogen and oxygen atoms in total. The summed E-state index contributed by atoms with van der Waals surface area (Å²) in [4.78, 5) is 11.9. The van der Waals surface area contributed by atoms with Crippen LogP contribution in [0.5, 0.6) is 0 Å². The molecule has 0 bridgehead atoms. The summed E-state index contributed by atoms with van der Waals surface area (Å²) in [6.45, 7) is 0. The van der Waals surface area contributed by atoms with Gasteiger partial charge < -0.3 is 0 Å². The topological polar surface area (TPSA) is 17.1 Å². The standard InChI is InChI=1S/C6H3Br3OS/c7-2-4(10)5-1-3(8)6(9)11-5/h1H,2H2. The van der Waals surface area contributed by atoms with Crippen molar-refractivity contribution in [3.63, 3.8) is 0 Å². The van der Waals surface area contributed by atoms with Crippen molar-refractivity contribution in [3.05, 3.63) is 19.2 Å². The van der Waals surface area contributed by atoms with Crippen LogP contribution in [0.3, 0.4) is 0 Å². The summed E-state index contributed by atoms with van der Waals surface area (Å²) < 4.78 is 1.90. The summed E-state index contributed by atoms with van der Waals surface area (Å²) in [6.07, 6.45) is 0. The Balaban J connectivity index is 2.97. The van der Waals surface area contributed by atoms with E-state index in [0.29, 0.717) is 5.33 Å². The van der Waals surface area contributed by atoms with Crippen molar-refractivity contribution in [1.82, 2.24) is 0 Å². The highest BCUT2D eigenvalue weighted by atomic mass is 79.9. The van der Waals surface area contributed by atoms with Gasteiger partial charge in [-0.05, 0) is 37.9 Å². The Morgan fingerprint density at radius 1 is 1.55 bits per heavy atom. The van der Waals surface area contributed by atoms with Gasteiger partial charge in [0, 0.05) is 4.47 Å². The summed E-state index contributed by atoms with van der Waals surface area (Å²) in [5.41, 5.74) is 0. The number of hydrogen-bond donors (Lipinski definition) is 0. The Morgan fingerprint density at radius 3 is 2.55 bits per heavy atom. The van der Waals surface area contributed by atoms with Gasteiger partial charge in [-0.15, -0.1) is 11.3 Å². The van der Waals surface area contributed by atoms with Gasteiger partial charge >= 0.3 is 0 Å². The Kier molecular flexibility index (Phi) is 3.74. The number of rotatable bonds is 2. The van der Waals surface area contributed by atoms with Crippen LogP contribution in [0.15, 0.2) is 14.3 Å². The molecule has 1 aromatic heterocycles. The first-order valence-corrected chi connectivity index (χ1v) is 6.21. The van der Waals surface area contributed by atoms with Crippen LogP contribution in [0.4, 0.5) is 0 Å². The molecule has 5 heteroatoms. The Labute approximate surface area is 93.6 Å². The first-order valence-electron chi connectivity index (χ1n) is 2.69. The minimum Gasteiger partial charge on any atom is -0.292 e. The van der Waals surface area contributed by atoms with Crippen LogP contribution < -0.4 is 0 Å². The lowest BCUT2D eigenvalue weighted by atomic mass is 10.4. The second-order valence-corrected chi connectivity index (χ2v) is 5.57. The summed E-state index contributed by atoms with van der Waals surface area (Å²) in [6, 6.07) is 1.82. The monoisotopic (exact) mass is 360 g/mol. The third-order valence-electron chi connectivity index (χ3n) is 1.04. The number of hydrogen-bond acceptors (Lipinski definition) is 2. The molecule has 1 rings (SSSR count). The number of halogens is 3. The number of carbonyl (C=O) groups excluding carboxylic acids is 1. The van der Waals surface area contributed by atoms with Crippen LogP contribution in [0.1, 0.15) is 9.67 Å². The fourth-order valence-corrected chi connectivity index (χ4v) is 3.01. The van der Waals surface area contributed by atoms with E-state index in [4.69, 9.17) is 0 Å². The quantitative estimate of drug-likeness (QED) is 0.577. The van der Waals surface area contributed by atoms with Gasteiger partial charge in [-0.1, -0.05) is 15.9 Å². The molecule has 0 amide bonds. The van der Waals surface area contributed by atoms with Crippen molar-refractivity contribution in [1.29, 1.82) is 0 Å². The van der Waals surface area contributed by atoms with Gasteiger partial charge in [-0.3, -0.25) is 4.79 Å². The van der Waals surface area contributed by atoms with Crippen LogP contribution in [0.2, 0.25) is 0 Å². The molecule has 60 valence electrons. The molecular formula is C6H3Br3OS. The van der Waals surface area contributed by atoms with Crippen molar-refractivity contribution in [2.75, 3.05) is 5.33 Å². The average Bonchev–Trinajstić information content (AvgIpc) is 2.31. The van der Waals surface area contributed by atoms with E-state index in [1.165, 1.54) is 11.3 Å². The molecule has 0 saturated heterocycles. The third kappa shape index (κ3) is 2.37. The minimum absolute atomic E-state index is 0.112. The fourth-order valence-electron chi connectivity index (χ4n) is 0.550. The van der Waals surface area contributed by atoms with Crippen LogP contribution in [-0.2, 0) is 0 Å². The van der Waals surface area contributed by atoms with E-state index in [2.05, 4.69) is 47.8 Å². The maximum absolute atomic E-state index is 11.1. The molecule has 0 aliphatic carbocycles. The Bertz CT molecular complexity index is 262. The van der Waals surface area contributed by atoms with Gasteiger partial charge in [0.25, 0.3) is 0 Å². The molecule has 0 radical (unpaired) electrons. The lowest BCUT2D eigenvalue weighted by molar-refractivity contribution is 0.102. The molecule has 1 aromatic rings. The van der Waals surface area contributed by atoms with E-state index in [0.717, 1.165) is 13.1 Å². The number of alkyl halides is 1. The normalized spacial score (nSPS) is 10.1. The zero-order valence-corrected chi connectivity index (χ0v) is 10.8. The molecule has 0 unspecified atom stereocenters. The molecule has 11 heavy (non-hydrogen) atoms. The maximum Gasteiger partial charge on any atom is 0.183 e. The average molecular weight is 363 g/mol. The highest BCUT2D eigenvalue weighted by Crippen LogP contribution is 2.32. The highest BCUT2D eigenvalue weighted by Gasteiger charge is 2.09. The van der Waals surface area contributed by atoms with Gasteiger partial charge in [0.2, 0.25) is 0 Å².